The molecule has 1 N–H and O–H groups in total. The zero-order valence-electron chi connectivity index (χ0n) is 12.0. The second-order valence-electron chi connectivity index (χ2n) is 5.42. The highest BCUT2D eigenvalue weighted by Gasteiger charge is 2.31. The van der Waals surface area contributed by atoms with Crippen molar-refractivity contribution in [3.05, 3.63) is 28.2 Å². The van der Waals surface area contributed by atoms with Crippen LogP contribution in [0.15, 0.2) is 22.7 Å². The standard InChI is InChI=1S/C15H18BrNO4/c1-9(2)21-13-6-11(5-12(16)7-13)14(18)17-4-3-10(8-17)15(19)20/h5-7,9-10H,3-4,8H2,1-2H3,(H,19,20). The number of aliphatic carboxylic acids is 1. The zero-order valence-corrected chi connectivity index (χ0v) is 13.6. The molecule has 5 nitrogen and oxygen atoms in total. The van der Waals surface area contributed by atoms with Gasteiger partial charge in [0.2, 0.25) is 0 Å². The van der Waals surface area contributed by atoms with Crippen molar-refractivity contribution >= 4 is 27.8 Å². The first-order valence-corrected chi connectivity index (χ1v) is 7.65. The fourth-order valence-electron chi connectivity index (χ4n) is 2.36. The molecule has 2 rings (SSSR count). The van der Waals surface area contributed by atoms with Crippen molar-refractivity contribution in [2.24, 2.45) is 5.92 Å². The smallest absolute Gasteiger partial charge is 0.308 e. The number of hydrogen-bond donors (Lipinski definition) is 1. The van der Waals surface area contributed by atoms with Gasteiger partial charge in [0.1, 0.15) is 5.75 Å². The van der Waals surface area contributed by atoms with Gasteiger partial charge in [0.15, 0.2) is 0 Å². The summed E-state index contributed by atoms with van der Waals surface area (Å²) in [7, 11) is 0. The van der Waals surface area contributed by atoms with Crippen LogP contribution < -0.4 is 4.74 Å². The molecule has 0 aromatic heterocycles. The van der Waals surface area contributed by atoms with Gasteiger partial charge in [0, 0.05) is 23.1 Å². The molecule has 1 aliphatic rings. The first-order valence-electron chi connectivity index (χ1n) is 6.86. The van der Waals surface area contributed by atoms with Gasteiger partial charge in [-0.1, -0.05) is 15.9 Å². The maximum Gasteiger partial charge on any atom is 0.308 e. The quantitative estimate of drug-likeness (QED) is 0.901. The minimum Gasteiger partial charge on any atom is -0.491 e. The lowest BCUT2D eigenvalue weighted by molar-refractivity contribution is -0.141. The summed E-state index contributed by atoms with van der Waals surface area (Å²) in [6.45, 7) is 4.57. The van der Waals surface area contributed by atoms with E-state index in [-0.39, 0.29) is 18.6 Å². The Labute approximate surface area is 132 Å². The summed E-state index contributed by atoms with van der Waals surface area (Å²) in [5.41, 5.74) is 0.506. The largest absolute Gasteiger partial charge is 0.491 e. The van der Waals surface area contributed by atoms with Crippen molar-refractivity contribution < 1.29 is 19.4 Å². The van der Waals surface area contributed by atoms with Crippen LogP contribution in [0.25, 0.3) is 0 Å². The van der Waals surface area contributed by atoms with Gasteiger partial charge >= 0.3 is 5.97 Å². The molecule has 0 radical (unpaired) electrons. The minimum absolute atomic E-state index is 0.0189. The van der Waals surface area contributed by atoms with E-state index in [4.69, 9.17) is 9.84 Å². The summed E-state index contributed by atoms with van der Waals surface area (Å²) >= 11 is 3.37. The monoisotopic (exact) mass is 355 g/mol. The molecule has 0 bridgehead atoms. The van der Waals surface area contributed by atoms with Gasteiger partial charge in [0.25, 0.3) is 5.91 Å². The highest BCUT2D eigenvalue weighted by Crippen LogP contribution is 2.25. The predicted octanol–water partition coefficient (Wildman–Crippen LogP) is 2.78. The van der Waals surface area contributed by atoms with Crippen molar-refractivity contribution in [1.29, 1.82) is 0 Å². The van der Waals surface area contributed by atoms with Gasteiger partial charge in [-0.15, -0.1) is 0 Å². The van der Waals surface area contributed by atoms with Crippen LogP contribution in [0.5, 0.6) is 5.75 Å². The first kappa shape index (κ1) is 15.8. The molecule has 1 aromatic carbocycles. The summed E-state index contributed by atoms with van der Waals surface area (Å²) in [4.78, 5) is 25.0. The third-order valence-corrected chi connectivity index (χ3v) is 3.77. The van der Waals surface area contributed by atoms with Gasteiger partial charge in [-0.05, 0) is 38.5 Å². The molecule has 1 unspecified atom stereocenters. The number of carboxylic acid groups (broad SMARTS) is 1. The lowest BCUT2D eigenvalue weighted by Gasteiger charge is -2.17. The molecule has 1 atom stereocenters. The van der Waals surface area contributed by atoms with Gasteiger partial charge in [-0.25, -0.2) is 0 Å². The van der Waals surface area contributed by atoms with E-state index in [0.29, 0.717) is 24.3 Å². The molecule has 21 heavy (non-hydrogen) atoms. The van der Waals surface area contributed by atoms with Crippen LogP contribution >= 0.6 is 15.9 Å². The Morgan fingerprint density at radius 3 is 2.67 bits per heavy atom. The second-order valence-corrected chi connectivity index (χ2v) is 6.33. The number of carboxylic acids is 1. The first-order chi connectivity index (χ1) is 9.86. The average molecular weight is 356 g/mol. The fourth-order valence-corrected chi connectivity index (χ4v) is 2.83. The van der Waals surface area contributed by atoms with E-state index in [0.717, 1.165) is 4.47 Å². The van der Waals surface area contributed by atoms with E-state index < -0.39 is 11.9 Å². The van der Waals surface area contributed by atoms with Crippen molar-refractivity contribution in [2.45, 2.75) is 26.4 Å². The molecule has 1 heterocycles. The molecule has 0 saturated carbocycles. The van der Waals surface area contributed by atoms with Gasteiger partial charge in [0.05, 0.1) is 12.0 Å². The minimum atomic E-state index is -0.844. The number of halogens is 1. The lowest BCUT2D eigenvalue weighted by Crippen LogP contribution is -2.30. The Balaban J connectivity index is 2.16. The Morgan fingerprint density at radius 1 is 1.38 bits per heavy atom. The van der Waals surface area contributed by atoms with Crippen LogP contribution in [0.4, 0.5) is 0 Å². The molecule has 1 aromatic rings. The number of rotatable bonds is 4. The van der Waals surface area contributed by atoms with Gasteiger partial charge in [-0.3, -0.25) is 9.59 Å². The Morgan fingerprint density at radius 2 is 2.10 bits per heavy atom. The van der Waals surface area contributed by atoms with Crippen molar-refractivity contribution in [3.63, 3.8) is 0 Å². The molecule has 114 valence electrons. The topological polar surface area (TPSA) is 66.8 Å². The van der Waals surface area contributed by atoms with Crippen LogP contribution in [-0.2, 0) is 4.79 Å². The summed E-state index contributed by atoms with van der Waals surface area (Å²) in [5, 5.41) is 9.01. The summed E-state index contributed by atoms with van der Waals surface area (Å²) in [6, 6.07) is 5.23. The summed E-state index contributed by atoms with van der Waals surface area (Å²) in [6.07, 6.45) is 0.523. The third kappa shape index (κ3) is 3.97. The van der Waals surface area contributed by atoms with Gasteiger partial charge in [-0.2, -0.15) is 0 Å². The van der Waals surface area contributed by atoms with Crippen molar-refractivity contribution in [3.8, 4) is 5.75 Å². The van der Waals surface area contributed by atoms with E-state index in [1.165, 1.54) is 0 Å². The van der Waals surface area contributed by atoms with Crippen molar-refractivity contribution in [2.75, 3.05) is 13.1 Å². The summed E-state index contributed by atoms with van der Waals surface area (Å²) in [5.74, 6) is -0.846. The van der Waals surface area contributed by atoms with Crippen LogP contribution in [0.2, 0.25) is 0 Å². The normalized spacial score (nSPS) is 18.1. The molecule has 0 aliphatic carbocycles. The number of carbonyl (C=O) groups is 2. The van der Waals surface area contributed by atoms with Crippen LogP contribution in [0.3, 0.4) is 0 Å². The average Bonchev–Trinajstić information content (AvgIpc) is 2.85. The van der Waals surface area contributed by atoms with E-state index in [1.54, 1.807) is 23.1 Å². The second kappa shape index (κ2) is 6.47. The van der Waals surface area contributed by atoms with E-state index in [2.05, 4.69) is 15.9 Å². The van der Waals surface area contributed by atoms with Crippen LogP contribution in [0.1, 0.15) is 30.6 Å². The van der Waals surface area contributed by atoms with E-state index >= 15 is 0 Å². The highest BCUT2D eigenvalue weighted by molar-refractivity contribution is 9.10. The third-order valence-electron chi connectivity index (χ3n) is 3.31. The molecule has 6 heteroatoms. The molecule has 0 spiro atoms. The predicted molar refractivity (Wildman–Crippen MR) is 81.6 cm³/mol. The van der Waals surface area contributed by atoms with E-state index in [1.807, 2.05) is 13.8 Å². The summed E-state index contributed by atoms with van der Waals surface area (Å²) < 4.78 is 6.38. The highest BCUT2D eigenvalue weighted by atomic mass is 79.9. The molecular weight excluding hydrogens is 338 g/mol. The van der Waals surface area contributed by atoms with Crippen LogP contribution in [0, 0.1) is 5.92 Å². The van der Waals surface area contributed by atoms with Crippen molar-refractivity contribution in [1.82, 2.24) is 4.90 Å². The molecular formula is C15H18BrNO4. The Kier molecular flexibility index (Phi) is 4.88. The van der Waals surface area contributed by atoms with E-state index in [9.17, 15) is 9.59 Å². The molecule has 1 fully saturated rings. The number of likely N-dealkylation sites (tertiary alicyclic amines) is 1. The number of amides is 1. The number of ether oxygens (including phenoxy) is 1. The number of hydrogen-bond acceptors (Lipinski definition) is 3. The lowest BCUT2D eigenvalue weighted by atomic mass is 10.1. The Bertz CT molecular complexity index is 559. The molecule has 1 amide bonds. The maximum absolute atomic E-state index is 12.5. The number of nitrogens with zero attached hydrogens (tertiary/aromatic N) is 1. The fraction of sp³-hybridized carbons (Fsp3) is 0.467. The van der Waals surface area contributed by atoms with Gasteiger partial charge < -0.3 is 14.7 Å². The maximum atomic E-state index is 12.5. The van der Waals surface area contributed by atoms with Crippen LogP contribution in [-0.4, -0.2) is 41.1 Å². The Hall–Kier alpha value is -1.56. The SMILES string of the molecule is CC(C)Oc1cc(Br)cc(C(=O)N2CCC(C(=O)O)C2)c1. The molecule has 1 aliphatic heterocycles. The number of benzene rings is 1. The number of carbonyl (C=O) groups excluding carboxylic acids is 1. The zero-order chi connectivity index (χ0) is 15.6. The molecule has 1 saturated heterocycles.